The zero-order chi connectivity index (χ0) is 12.6. The fraction of sp³-hybridized carbons (Fsp3) is 0.154. The van der Waals surface area contributed by atoms with Crippen LogP contribution in [0, 0.1) is 0 Å². The van der Waals surface area contributed by atoms with Crippen molar-refractivity contribution in [1.82, 2.24) is 4.98 Å². The average molecular weight is 237 g/mol. The summed E-state index contributed by atoms with van der Waals surface area (Å²) in [6.07, 6.45) is -4.39. The molecule has 0 atom stereocenters. The quantitative estimate of drug-likeness (QED) is 0.721. The molecule has 0 spiro atoms. The van der Waals surface area contributed by atoms with E-state index in [0.29, 0.717) is 16.7 Å². The molecule has 17 heavy (non-hydrogen) atoms. The van der Waals surface area contributed by atoms with Crippen LogP contribution in [0.15, 0.2) is 36.9 Å². The highest BCUT2D eigenvalue weighted by atomic mass is 19.4. The number of aromatic nitrogens is 1. The van der Waals surface area contributed by atoms with E-state index < -0.39 is 11.7 Å². The van der Waals surface area contributed by atoms with Gasteiger partial charge in [-0.3, -0.25) is 0 Å². The van der Waals surface area contributed by atoms with Crippen molar-refractivity contribution in [2.75, 3.05) is 0 Å². The minimum atomic E-state index is -4.39. The van der Waals surface area contributed by atoms with Crippen molar-refractivity contribution in [1.29, 1.82) is 0 Å². The van der Waals surface area contributed by atoms with Gasteiger partial charge in [0, 0.05) is 5.39 Å². The number of nitrogens with zero attached hydrogens (tertiary/aromatic N) is 1. The first-order valence-corrected chi connectivity index (χ1v) is 5.02. The Labute approximate surface area is 96.6 Å². The molecule has 2 rings (SSSR count). The number of hydrogen-bond acceptors (Lipinski definition) is 1. The van der Waals surface area contributed by atoms with Crippen molar-refractivity contribution < 1.29 is 13.2 Å². The molecule has 2 aromatic rings. The van der Waals surface area contributed by atoms with Gasteiger partial charge in [0.2, 0.25) is 0 Å². The first-order valence-electron chi connectivity index (χ1n) is 5.02. The highest BCUT2D eigenvalue weighted by Crippen LogP contribution is 2.34. The lowest BCUT2D eigenvalue weighted by Crippen LogP contribution is -2.06. The van der Waals surface area contributed by atoms with Crippen LogP contribution in [0.2, 0.25) is 0 Å². The van der Waals surface area contributed by atoms with E-state index in [4.69, 9.17) is 0 Å². The first kappa shape index (κ1) is 11.6. The molecular formula is C13H10F3N. The van der Waals surface area contributed by atoms with Gasteiger partial charge in [-0.1, -0.05) is 24.8 Å². The Morgan fingerprint density at radius 3 is 2.47 bits per heavy atom. The molecule has 1 nitrogen and oxygen atoms in total. The maximum absolute atomic E-state index is 12.8. The van der Waals surface area contributed by atoms with E-state index in [9.17, 15) is 13.2 Å². The van der Waals surface area contributed by atoms with Crippen molar-refractivity contribution in [3.63, 3.8) is 0 Å². The van der Waals surface area contributed by atoms with Gasteiger partial charge < -0.3 is 0 Å². The molecule has 1 heterocycles. The normalized spacial score (nSPS) is 11.8. The van der Waals surface area contributed by atoms with Crippen molar-refractivity contribution in [3.05, 3.63) is 48.2 Å². The number of hydrogen-bond donors (Lipinski definition) is 0. The van der Waals surface area contributed by atoms with Crippen molar-refractivity contribution in [3.8, 4) is 0 Å². The molecule has 0 aliphatic heterocycles. The predicted octanol–water partition coefficient (Wildman–Crippen LogP) is 4.29. The Kier molecular flexibility index (Phi) is 2.65. The number of allylic oxidation sites excluding steroid dienone is 1. The zero-order valence-corrected chi connectivity index (χ0v) is 9.17. The summed E-state index contributed by atoms with van der Waals surface area (Å²) < 4.78 is 38.4. The minimum Gasteiger partial charge on any atom is -0.248 e. The minimum absolute atomic E-state index is 0.0273. The van der Waals surface area contributed by atoms with Gasteiger partial charge in [0.05, 0.1) is 16.8 Å². The predicted molar refractivity (Wildman–Crippen MR) is 61.5 cm³/mol. The highest BCUT2D eigenvalue weighted by Gasteiger charge is 2.33. The lowest BCUT2D eigenvalue weighted by atomic mass is 10.1. The SMILES string of the molecule is C=C(C)c1ccc2cccc(C(F)(F)F)c2n1. The molecule has 0 aliphatic carbocycles. The van der Waals surface area contributed by atoms with Crippen LogP contribution in [0.3, 0.4) is 0 Å². The Morgan fingerprint density at radius 1 is 1.18 bits per heavy atom. The summed E-state index contributed by atoms with van der Waals surface area (Å²) in [4.78, 5) is 4.02. The molecule has 88 valence electrons. The van der Waals surface area contributed by atoms with E-state index in [1.165, 1.54) is 6.07 Å². The summed E-state index contributed by atoms with van der Waals surface area (Å²) in [7, 11) is 0. The van der Waals surface area contributed by atoms with Crippen LogP contribution in [0.5, 0.6) is 0 Å². The van der Waals surface area contributed by atoms with Gasteiger partial charge in [-0.05, 0) is 24.6 Å². The monoisotopic (exact) mass is 237 g/mol. The number of rotatable bonds is 1. The summed E-state index contributed by atoms with van der Waals surface area (Å²) in [6, 6.07) is 7.33. The Morgan fingerprint density at radius 2 is 1.88 bits per heavy atom. The first-order chi connectivity index (χ1) is 7.89. The number of para-hydroxylation sites is 1. The van der Waals surface area contributed by atoms with Crippen molar-refractivity contribution in [2.45, 2.75) is 13.1 Å². The van der Waals surface area contributed by atoms with Crippen molar-refractivity contribution >= 4 is 16.5 Å². The number of benzene rings is 1. The second-order valence-corrected chi connectivity index (χ2v) is 3.85. The molecule has 0 N–H and O–H groups in total. The molecule has 0 bridgehead atoms. The van der Waals surface area contributed by atoms with Gasteiger partial charge in [0.15, 0.2) is 0 Å². The van der Waals surface area contributed by atoms with E-state index in [-0.39, 0.29) is 5.52 Å². The smallest absolute Gasteiger partial charge is 0.248 e. The van der Waals surface area contributed by atoms with Crippen LogP contribution >= 0.6 is 0 Å². The molecule has 0 unspecified atom stereocenters. The lowest BCUT2D eigenvalue weighted by Gasteiger charge is -2.10. The lowest BCUT2D eigenvalue weighted by molar-refractivity contribution is -0.136. The summed E-state index contributed by atoms with van der Waals surface area (Å²) in [5.74, 6) is 0. The fourth-order valence-corrected chi connectivity index (χ4v) is 1.61. The van der Waals surface area contributed by atoms with E-state index in [0.717, 1.165) is 6.07 Å². The van der Waals surface area contributed by atoms with Gasteiger partial charge >= 0.3 is 6.18 Å². The van der Waals surface area contributed by atoms with Crippen LogP contribution in [-0.4, -0.2) is 4.98 Å². The maximum atomic E-state index is 12.8. The van der Waals surface area contributed by atoms with Crippen LogP contribution in [0.1, 0.15) is 18.2 Å². The van der Waals surface area contributed by atoms with Crippen LogP contribution in [0.4, 0.5) is 13.2 Å². The molecule has 0 fully saturated rings. The topological polar surface area (TPSA) is 12.9 Å². The standard InChI is InChI=1S/C13H10F3N/c1-8(2)11-7-6-9-4-3-5-10(12(9)17-11)13(14,15)16/h3-7H,1H2,2H3. The maximum Gasteiger partial charge on any atom is 0.418 e. The van der Waals surface area contributed by atoms with Gasteiger partial charge in [-0.25, -0.2) is 4.98 Å². The molecule has 0 aliphatic rings. The van der Waals surface area contributed by atoms with Crippen LogP contribution in [0.25, 0.3) is 16.5 Å². The van der Waals surface area contributed by atoms with E-state index in [1.807, 2.05) is 0 Å². The summed E-state index contributed by atoms with van der Waals surface area (Å²) in [5, 5.41) is 0.477. The van der Waals surface area contributed by atoms with E-state index in [1.54, 1.807) is 25.1 Å². The fourth-order valence-electron chi connectivity index (χ4n) is 1.61. The molecule has 0 saturated heterocycles. The zero-order valence-electron chi connectivity index (χ0n) is 9.17. The number of alkyl halides is 3. The largest absolute Gasteiger partial charge is 0.418 e. The number of halogens is 3. The third-order valence-electron chi connectivity index (χ3n) is 2.46. The molecule has 1 aromatic carbocycles. The second-order valence-electron chi connectivity index (χ2n) is 3.85. The van der Waals surface area contributed by atoms with Gasteiger partial charge in [0.25, 0.3) is 0 Å². The Balaban J connectivity index is 2.77. The molecule has 1 aromatic heterocycles. The molecule has 0 saturated carbocycles. The van der Waals surface area contributed by atoms with Crippen LogP contribution in [-0.2, 0) is 6.18 Å². The highest BCUT2D eigenvalue weighted by molar-refractivity contribution is 5.84. The summed E-state index contributed by atoms with van der Waals surface area (Å²) >= 11 is 0. The van der Waals surface area contributed by atoms with Crippen LogP contribution < -0.4 is 0 Å². The van der Waals surface area contributed by atoms with E-state index >= 15 is 0 Å². The number of pyridine rings is 1. The van der Waals surface area contributed by atoms with Gasteiger partial charge in [-0.15, -0.1) is 0 Å². The third-order valence-corrected chi connectivity index (χ3v) is 2.46. The molecular weight excluding hydrogens is 227 g/mol. The summed E-state index contributed by atoms with van der Waals surface area (Å²) in [5.41, 5.74) is 0.386. The molecule has 4 heteroatoms. The van der Waals surface area contributed by atoms with Gasteiger partial charge in [0.1, 0.15) is 0 Å². The van der Waals surface area contributed by atoms with Crippen molar-refractivity contribution in [2.24, 2.45) is 0 Å². The van der Waals surface area contributed by atoms with Gasteiger partial charge in [-0.2, -0.15) is 13.2 Å². The average Bonchev–Trinajstić information content (AvgIpc) is 2.26. The Hall–Kier alpha value is -1.84. The molecule has 0 radical (unpaired) electrons. The van der Waals surface area contributed by atoms with E-state index in [2.05, 4.69) is 11.6 Å². The summed E-state index contributed by atoms with van der Waals surface area (Å²) in [6.45, 7) is 5.39. The third kappa shape index (κ3) is 2.16. The second kappa shape index (κ2) is 3.87. The molecule has 0 amide bonds. The Bertz CT molecular complexity index is 585. The number of fused-ring (bicyclic) bond motifs is 1.